The molecule has 256 valence electrons. The minimum atomic E-state index is -3.80. The maximum Gasteiger partial charge on any atom is 0.252 e. The first-order valence-electron chi connectivity index (χ1n) is 16.3. The number of aliphatic imine (C=N–C) groups is 1. The SMILES string of the molecule is O=C(NCc1cccc(Cl)c1)[C@]1(CCS(=O)(=O)c2ccccc2)N=C(c2ccc(OCCCO)cc2)O[C@@H]1c1ccc(-c2ccccc2)cc1. The van der Waals surface area contributed by atoms with Gasteiger partial charge in [-0.15, -0.1) is 0 Å². The molecule has 1 heterocycles. The van der Waals surface area contributed by atoms with Crippen LogP contribution in [-0.2, 0) is 25.9 Å². The van der Waals surface area contributed by atoms with Gasteiger partial charge in [0, 0.05) is 36.6 Å². The Labute approximate surface area is 297 Å². The summed E-state index contributed by atoms with van der Waals surface area (Å²) in [5, 5.41) is 12.6. The van der Waals surface area contributed by atoms with Crippen molar-refractivity contribution >= 4 is 33.2 Å². The number of nitrogens with one attached hydrogen (secondary N) is 1. The minimum absolute atomic E-state index is 0.0257. The number of ether oxygens (including phenoxy) is 2. The second-order valence-corrected chi connectivity index (χ2v) is 14.5. The van der Waals surface area contributed by atoms with E-state index < -0.39 is 27.4 Å². The molecule has 0 fully saturated rings. The number of amides is 1. The number of carbonyl (C=O) groups excluding carboxylic acids is 1. The molecule has 10 heteroatoms. The lowest BCUT2D eigenvalue weighted by atomic mass is 9.84. The summed E-state index contributed by atoms with van der Waals surface area (Å²) in [6.45, 7) is 0.537. The Kier molecular flexibility index (Phi) is 11.0. The van der Waals surface area contributed by atoms with Gasteiger partial charge in [0.15, 0.2) is 21.5 Å². The van der Waals surface area contributed by atoms with Gasteiger partial charge in [0.25, 0.3) is 5.91 Å². The summed E-state index contributed by atoms with van der Waals surface area (Å²) in [7, 11) is -3.80. The van der Waals surface area contributed by atoms with E-state index in [9.17, 15) is 13.2 Å². The molecule has 0 saturated heterocycles. The van der Waals surface area contributed by atoms with Crippen LogP contribution in [0.5, 0.6) is 5.75 Å². The Morgan fingerprint density at radius 3 is 2.18 bits per heavy atom. The van der Waals surface area contributed by atoms with E-state index in [-0.39, 0.29) is 36.1 Å². The lowest BCUT2D eigenvalue weighted by Gasteiger charge is -2.30. The topological polar surface area (TPSA) is 114 Å². The van der Waals surface area contributed by atoms with Crippen LogP contribution >= 0.6 is 11.6 Å². The molecule has 5 aromatic carbocycles. The molecule has 5 aromatic rings. The molecular formula is C40H37ClN2O6S. The number of hydrogen-bond acceptors (Lipinski definition) is 7. The Morgan fingerprint density at radius 1 is 0.840 bits per heavy atom. The number of rotatable bonds is 14. The maximum absolute atomic E-state index is 14.6. The molecule has 0 radical (unpaired) electrons. The van der Waals surface area contributed by atoms with Crippen LogP contribution < -0.4 is 10.1 Å². The number of sulfone groups is 1. The maximum atomic E-state index is 14.6. The quantitative estimate of drug-likeness (QED) is 0.118. The smallest absolute Gasteiger partial charge is 0.252 e. The van der Waals surface area contributed by atoms with Crippen molar-refractivity contribution in [3.8, 4) is 16.9 Å². The van der Waals surface area contributed by atoms with E-state index in [0.717, 1.165) is 16.7 Å². The summed E-state index contributed by atoms with van der Waals surface area (Å²) in [6.07, 6.45) is -0.600. The Hall–Kier alpha value is -4.96. The Morgan fingerprint density at radius 2 is 1.50 bits per heavy atom. The van der Waals surface area contributed by atoms with Crippen LogP contribution in [0, 0.1) is 0 Å². The van der Waals surface area contributed by atoms with E-state index in [1.807, 2.05) is 60.7 Å². The highest BCUT2D eigenvalue weighted by Crippen LogP contribution is 2.43. The van der Waals surface area contributed by atoms with Crippen LogP contribution in [-0.4, -0.2) is 49.8 Å². The van der Waals surface area contributed by atoms with Gasteiger partial charge < -0.3 is 19.9 Å². The monoisotopic (exact) mass is 708 g/mol. The lowest BCUT2D eigenvalue weighted by Crippen LogP contribution is -2.49. The molecule has 1 aliphatic heterocycles. The lowest BCUT2D eigenvalue weighted by molar-refractivity contribution is -0.129. The summed E-state index contributed by atoms with van der Waals surface area (Å²) in [5.74, 6) is -0.0120. The van der Waals surface area contributed by atoms with Crippen LogP contribution in [0.2, 0.25) is 5.02 Å². The van der Waals surface area contributed by atoms with Crippen LogP contribution in [0.15, 0.2) is 143 Å². The highest BCUT2D eigenvalue weighted by molar-refractivity contribution is 7.91. The van der Waals surface area contributed by atoms with E-state index in [0.29, 0.717) is 34.9 Å². The zero-order valence-corrected chi connectivity index (χ0v) is 28.8. The Balaban J connectivity index is 1.40. The summed E-state index contributed by atoms with van der Waals surface area (Å²) >= 11 is 6.23. The molecule has 0 aliphatic carbocycles. The third-order valence-corrected chi connectivity index (χ3v) is 10.5. The molecule has 8 nitrogen and oxygen atoms in total. The van der Waals surface area contributed by atoms with Gasteiger partial charge in [-0.05, 0) is 70.8 Å². The van der Waals surface area contributed by atoms with Gasteiger partial charge in [0.05, 0.1) is 17.3 Å². The third kappa shape index (κ3) is 8.08. The van der Waals surface area contributed by atoms with Crippen molar-refractivity contribution in [1.29, 1.82) is 0 Å². The number of nitrogens with zero attached hydrogens (tertiary/aromatic N) is 1. The van der Waals surface area contributed by atoms with Crippen LogP contribution in [0.3, 0.4) is 0 Å². The first-order valence-corrected chi connectivity index (χ1v) is 18.4. The number of aliphatic hydroxyl groups excluding tert-OH is 1. The second-order valence-electron chi connectivity index (χ2n) is 12.0. The number of halogens is 1. The summed E-state index contributed by atoms with van der Waals surface area (Å²) < 4.78 is 39.6. The van der Waals surface area contributed by atoms with Crippen LogP contribution in [0.4, 0.5) is 0 Å². The van der Waals surface area contributed by atoms with Gasteiger partial charge in [-0.3, -0.25) is 4.79 Å². The number of hydrogen-bond donors (Lipinski definition) is 2. The minimum Gasteiger partial charge on any atom is -0.494 e. The van der Waals surface area contributed by atoms with Crippen LogP contribution in [0.25, 0.3) is 11.1 Å². The van der Waals surface area contributed by atoms with Crippen LogP contribution in [0.1, 0.15) is 35.6 Å². The largest absolute Gasteiger partial charge is 0.494 e. The fraction of sp³-hybridized carbons (Fsp3) is 0.200. The van der Waals surface area contributed by atoms with Gasteiger partial charge in [-0.1, -0.05) is 96.5 Å². The molecular weight excluding hydrogens is 672 g/mol. The van der Waals surface area contributed by atoms with Gasteiger partial charge in [0.2, 0.25) is 5.90 Å². The molecule has 2 N–H and O–H groups in total. The van der Waals surface area contributed by atoms with Gasteiger partial charge >= 0.3 is 0 Å². The molecule has 6 rings (SSSR count). The fourth-order valence-electron chi connectivity index (χ4n) is 5.87. The van der Waals surface area contributed by atoms with E-state index in [2.05, 4.69) is 5.32 Å². The normalized spacial score (nSPS) is 17.1. The van der Waals surface area contributed by atoms with Crippen molar-refractivity contribution in [2.45, 2.75) is 35.9 Å². The summed E-state index contributed by atoms with van der Waals surface area (Å²) in [4.78, 5) is 19.7. The van der Waals surface area contributed by atoms with E-state index in [4.69, 9.17) is 31.2 Å². The van der Waals surface area contributed by atoms with Crippen molar-refractivity contribution in [3.63, 3.8) is 0 Å². The van der Waals surface area contributed by atoms with Crippen molar-refractivity contribution in [2.24, 2.45) is 4.99 Å². The standard InChI is InChI=1S/C40H37ClN2O6S/c41-34-12-7-9-29(27-34)28-42-39(45)40(23-26-50(46,47)36-13-5-2-6-14-36)37(32-17-15-31(16-18-32)30-10-3-1-4-11-30)49-38(43-40)33-19-21-35(22-20-33)48-25-8-24-44/h1-7,9-22,27,37,44H,8,23-26,28H2,(H,42,45)/t37-,40-/m1/s1. The highest BCUT2D eigenvalue weighted by Gasteiger charge is 2.53. The predicted octanol–water partition coefficient (Wildman–Crippen LogP) is 7.21. The first-order chi connectivity index (χ1) is 24.3. The fourth-order valence-corrected chi connectivity index (χ4v) is 7.47. The Bertz CT molecular complexity index is 2040. The van der Waals surface area contributed by atoms with Crippen molar-refractivity contribution in [1.82, 2.24) is 5.32 Å². The van der Waals surface area contributed by atoms with E-state index in [1.165, 1.54) is 0 Å². The number of carbonyl (C=O) groups is 1. The molecule has 0 saturated carbocycles. The first kappa shape index (κ1) is 34.9. The second kappa shape index (κ2) is 15.7. The molecule has 0 aromatic heterocycles. The summed E-state index contributed by atoms with van der Waals surface area (Å²) in [6, 6.07) is 40.1. The van der Waals surface area contributed by atoms with Gasteiger partial charge in [0.1, 0.15) is 5.75 Å². The molecule has 0 unspecified atom stereocenters. The average molecular weight is 709 g/mol. The molecule has 1 aliphatic rings. The zero-order valence-electron chi connectivity index (χ0n) is 27.2. The van der Waals surface area contributed by atoms with Gasteiger partial charge in [-0.2, -0.15) is 0 Å². The number of benzene rings is 5. The molecule has 0 spiro atoms. The summed E-state index contributed by atoms with van der Waals surface area (Å²) in [5.41, 5.74) is 2.40. The zero-order chi connectivity index (χ0) is 35.0. The van der Waals surface area contributed by atoms with E-state index >= 15 is 0 Å². The molecule has 0 bridgehead atoms. The van der Waals surface area contributed by atoms with Crippen molar-refractivity contribution in [2.75, 3.05) is 19.0 Å². The molecule has 1 amide bonds. The number of aliphatic hydroxyl groups is 1. The average Bonchev–Trinajstić information content (AvgIpc) is 3.55. The van der Waals surface area contributed by atoms with E-state index in [1.54, 1.807) is 72.8 Å². The third-order valence-electron chi connectivity index (χ3n) is 8.55. The molecule has 50 heavy (non-hydrogen) atoms. The molecule has 2 atom stereocenters. The van der Waals surface area contributed by atoms with Crippen molar-refractivity contribution < 1.29 is 27.8 Å². The van der Waals surface area contributed by atoms with Crippen molar-refractivity contribution in [3.05, 3.63) is 155 Å². The predicted molar refractivity (Wildman–Crippen MR) is 195 cm³/mol. The van der Waals surface area contributed by atoms with Gasteiger partial charge in [-0.25, -0.2) is 13.4 Å². The highest BCUT2D eigenvalue weighted by atomic mass is 35.5.